The molecule has 2 aliphatic rings. The molecule has 0 unspecified atom stereocenters. The maximum atomic E-state index is 12.3. The van der Waals surface area contributed by atoms with Crippen LogP contribution in [0.5, 0.6) is 5.75 Å². The number of aromatic nitrogens is 2. The molecule has 0 spiro atoms. The summed E-state index contributed by atoms with van der Waals surface area (Å²) in [5.41, 5.74) is 2.72. The van der Waals surface area contributed by atoms with E-state index >= 15 is 0 Å². The Kier molecular flexibility index (Phi) is 4.06. The van der Waals surface area contributed by atoms with Gasteiger partial charge >= 0.3 is 0 Å². The zero-order chi connectivity index (χ0) is 16.7. The quantitative estimate of drug-likeness (QED) is 0.893. The van der Waals surface area contributed by atoms with Crippen LogP contribution in [0.2, 0.25) is 5.02 Å². The fourth-order valence-corrected chi connectivity index (χ4v) is 3.51. The van der Waals surface area contributed by atoms with Crippen LogP contribution in [0.3, 0.4) is 0 Å². The fourth-order valence-electron chi connectivity index (χ4n) is 3.28. The van der Waals surface area contributed by atoms with Gasteiger partial charge in [0.1, 0.15) is 11.6 Å². The largest absolute Gasteiger partial charge is 0.508 e. The average molecular weight is 346 g/mol. The van der Waals surface area contributed by atoms with Gasteiger partial charge in [-0.1, -0.05) is 17.7 Å². The average Bonchev–Trinajstić information content (AvgIpc) is 3.34. The van der Waals surface area contributed by atoms with Crippen LogP contribution in [-0.4, -0.2) is 26.5 Å². The van der Waals surface area contributed by atoms with Gasteiger partial charge in [-0.05, 0) is 42.9 Å². The summed E-state index contributed by atoms with van der Waals surface area (Å²) < 4.78 is 0. The zero-order valence-corrected chi connectivity index (χ0v) is 14.1. The summed E-state index contributed by atoms with van der Waals surface area (Å²) in [7, 11) is 0. The first-order chi connectivity index (χ1) is 11.6. The molecule has 24 heavy (non-hydrogen) atoms. The predicted molar refractivity (Wildman–Crippen MR) is 92.2 cm³/mol. The molecule has 0 amide bonds. The molecule has 1 aromatic carbocycles. The molecule has 2 aromatic rings. The van der Waals surface area contributed by atoms with E-state index in [1.165, 1.54) is 12.8 Å². The Balaban J connectivity index is 1.53. The van der Waals surface area contributed by atoms with Gasteiger partial charge in [0.25, 0.3) is 5.56 Å². The molecule has 1 aliphatic heterocycles. The van der Waals surface area contributed by atoms with Gasteiger partial charge < -0.3 is 10.1 Å². The van der Waals surface area contributed by atoms with Crippen LogP contribution in [0, 0.1) is 5.92 Å². The highest BCUT2D eigenvalue weighted by Crippen LogP contribution is 2.31. The molecule has 4 rings (SSSR count). The van der Waals surface area contributed by atoms with Gasteiger partial charge in [-0.2, -0.15) is 0 Å². The minimum absolute atomic E-state index is 0.0259. The van der Waals surface area contributed by atoms with E-state index in [9.17, 15) is 9.90 Å². The van der Waals surface area contributed by atoms with E-state index in [1.807, 2.05) is 6.07 Å². The highest BCUT2D eigenvalue weighted by atomic mass is 35.5. The monoisotopic (exact) mass is 345 g/mol. The van der Waals surface area contributed by atoms with Crippen molar-refractivity contribution in [1.29, 1.82) is 0 Å². The standard InChI is InChI=1S/C18H20ClN3O2/c19-15-8-13(23)4-3-12(15)9-22-6-5-14-16(10-22)20-17(21-18(14)24)7-11-1-2-11/h3-4,8,11,23H,1-2,5-7,9-10H2,(H,20,21,24). The molecule has 1 saturated carbocycles. The van der Waals surface area contributed by atoms with Gasteiger partial charge in [0, 0.05) is 36.6 Å². The highest BCUT2D eigenvalue weighted by Gasteiger charge is 2.25. The summed E-state index contributed by atoms with van der Waals surface area (Å²) in [5.74, 6) is 1.69. The number of halogens is 1. The third-order valence-electron chi connectivity index (χ3n) is 4.81. The van der Waals surface area contributed by atoms with E-state index in [2.05, 4.69) is 9.88 Å². The number of aromatic amines is 1. The van der Waals surface area contributed by atoms with Gasteiger partial charge in [0.15, 0.2) is 0 Å². The summed E-state index contributed by atoms with van der Waals surface area (Å²) in [4.78, 5) is 22.2. The third kappa shape index (κ3) is 3.32. The van der Waals surface area contributed by atoms with Crippen LogP contribution in [0.1, 0.15) is 35.5 Å². The van der Waals surface area contributed by atoms with Crippen molar-refractivity contribution in [3.63, 3.8) is 0 Å². The van der Waals surface area contributed by atoms with Crippen LogP contribution in [-0.2, 0) is 25.9 Å². The van der Waals surface area contributed by atoms with Crippen molar-refractivity contribution in [3.8, 4) is 5.75 Å². The number of nitrogens with one attached hydrogen (secondary N) is 1. The lowest BCUT2D eigenvalue weighted by atomic mass is 10.1. The van der Waals surface area contributed by atoms with Gasteiger partial charge in [0.2, 0.25) is 0 Å². The van der Waals surface area contributed by atoms with E-state index in [0.29, 0.717) is 30.5 Å². The lowest BCUT2D eigenvalue weighted by Gasteiger charge is -2.28. The lowest BCUT2D eigenvalue weighted by Crippen LogP contribution is -2.35. The van der Waals surface area contributed by atoms with Gasteiger partial charge in [-0.15, -0.1) is 0 Å². The second-order valence-electron chi connectivity index (χ2n) is 6.82. The van der Waals surface area contributed by atoms with E-state index < -0.39 is 0 Å². The molecule has 2 N–H and O–H groups in total. The Morgan fingerprint density at radius 2 is 2.21 bits per heavy atom. The molecular weight excluding hydrogens is 326 g/mol. The van der Waals surface area contributed by atoms with E-state index in [-0.39, 0.29) is 11.3 Å². The van der Waals surface area contributed by atoms with Gasteiger partial charge in [-0.25, -0.2) is 4.98 Å². The normalized spacial score (nSPS) is 17.7. The SMILES string of the molecule is O=c1[nH]c(CC2CC2)nc2c1CCN(Cc1ccc(O)cc1Cl)C2. The minimum atomic E-state index is 0.0259. The highest BCUT2D eigenvalue weighted by molar-refractivity contribution is 6.31. The van der Waals surface area contributed by atoms with Crippen molar-refractivity contribution in [2.45, 2.75) is 38.8 Å². The van der Waals surface area contributed by atoms with Crippen molar-refractivity contribution >= 4 is 11.6 Å². The van der Waals surface area contributed by atoms with Crippen LogP contribution in [0.25, 0.3) is 0 Å². The molecule has 1 aliphatic carbocycles. The van der Waals surface area contributed by atoms with Crippen molar-refractivity contribution in [2.75, 3.05) is 6.54 Å². The van der Waals surface area contributed by atoms with E-state index in [0.717, 1.165) is 35.6 Å². The van der Waals surface area contributed by atoms with E-state index in [4.69, 9.17) is 16.6 Å². The maximum Gasteiger partial charge on any atom is 0.254 e. The van der Waals surface area contributed by atoms with Crippen LogP contribution >= 0.6 is 11.6 Å². The number of fused-ring (bicyclic) bond motifs is 1. The Bertz CT molecular complexity index is 829. The summed E-state index contributed by atoms with van der Waals surface area (Å²) in [5, 5.41) is 10.0. The number of hydrogen-bond donors (Lipinski definition) is 2. The predicted octanol–water partition coefficient (Wildman–Crippen LogP) is 2.64. The maximum absolute atomic E-state index is 12.3. The molecule has 0 atom stereocenters. The molecule has 2 heterocycles. The summed E-state index contributed by atoms with van der Waals surface area (Å²) in [6.45, 7) is 2.15. The fraction of sp³-hybridized carbons (Fsp3) is 0.444. The first-order valence-electron chi connectivity index (χ1n) is 8.39. The van der Waals surface area contributed by atoms with Gasteiger partial charge in [0.05, 0.1) is 5.69 Å². The number of phenols is 1. The first-order valence-corrected chi connectivity index (χ1v) is 8.77. The second kappa shape index (κ2) is 6.22. The number of rotatable bonds is 4. The third-order valence-corrected chi connectivity index (χ3v) is 5.16. The van der Waals surface area contributed by atoms with Crippen molar-refractivity contribution in [3.05, 3.63) is 56.2 Å². The second-order valence-corrected chi connectivity index (χ2v) is 7.23. The van der Waals surface area contributed by atoms with Crippen LogP contribution in [0.15, 0.2) is 23.0 Å². The smallest absolute Gasteiger partial charge is 0.254 e. The van der Waals surface area contributed by atoms with Crippen molar-refractivity contribution < 1.29 is 5.11 Å². The Morgan fingerprint density at radius 1 is 1.38 bits per heavy atom. The molecule has 1 aromatic heterocycles. The molecule has 5 nitrogen and oxygen atoms in total. The van der Waals surface area contributed by atoms with Crippen molar-refractivity contribution in [1.82, 2.24) is 14.9 Å². The van der Waals surface area contributed by atoms with Crippen molar-refractivity contribution in [2.24, 2.45) is 5.92 Å². The molecule has 1 fully saturated rings. The minimum Gasteiger partial charge on any atom is -0.508 e. The summed E-state index contributed by atoms with van der Waals surface area (Å²) >= 11 is 6.21. The zero-order valence-electron chi connectivity index (χ0n) is 13.4. The molecule has 6 heteroatoms. The molecule has 0 saturated heterocycles. The molecule has 0 radical (unpaired) electrons. The van der Waals surface area contributed by atoms with Crippen LogP contribution < -0.4 is 5.56 Å². The number of benzene rings is 1. The number of phenolic OH excluding ortho intramolecular Hbond substituents is 1. The van der Waals surface area contributed by atoms with Crippen LogP contribution in [0.4, 0.5) is 0 Å². The molecular formula is C18H20ClN3O2. The topological polar surface area (TPSA) is 69.2 Å². The van der Waals surface area contributed by atoms with E-state index in [1.54, 1.807) is 12.1 Å². The number of H-pyrrole nitrogens is 1. The molecule has 126 valence electrons. The Morgan fingerprint density at radius 3 is 2.96 bits per heavy atom. The van der Waals surface area contributed by atoms with Gasteiger partial charge in [-0.3, -0.25) is 9.69 Å². The number of nitrogens with zero attached hydrogens (tertiary/aromatic N) is 2. The Labute approximate surface area is 145 Å². The first kappa shape index (κ1) is 15.7. The summed E-state index contributed by atoms with van der Waals surface area (Å²) in [6, 6.07) is 5.05. The number of aromatic hydroxyl groups is 1. The Hall–Kier alpha value is -1.85. The lowest BCUT2D eigenvalue weighted by molar-refractivity contribution is 0.240. The summed E-state index contributed by atoms with van der Waals surface area (Å²) in [6.07, 6.45) is 4.07. The number of hydrogen-bond acceptors (Lipinski definition) is 4. The molecule has 0 bridgehead atoms.